The van der Waals surface area contributed by atoms with Crippen LogP contribution in [0, 0.1) is 13.8 Å². The van der Waals surface area contributed by atoms with Crippen LogP contribution in [0.4, 0.5) is 0 Å². The van der Waals surface area contributed by atoms with E-state index in [0.29, 0.717) is 23.2 Å². The maximum atomic E-state index is 13.5. The Kier molecular flexibility index (Phi) is 12.1. The number of allylic oxidation sites excluding steroid dienone is 1. The molecule has 0 aliphatic carbocycles. The molecule has 0 radical (unpaired) electrons. The number of rotatable bonds is 15. The maximum absolute atomic E-state index is 13.5. The van der Waals surface area contributed by atoms with Crippen LogP contribution in [-0.4, -0.2) is 112 Å². The van der Waals surface area contributed by atoms with E-state index in [9.17, 15) is 49.8 Å². The van der Waals surface area contributed by atoms with Crippen molar-refractivity contribution in [2.75, 3.05) is 19.7 Å². The van der Waals surface area contributed by atoms with Crippen molar-refractivity contribution >= 4 is 41.1 Å². The third-order valence-corrected chi connectivity index (χ3v) is 10.3. The number of hydrogen-bond acceptors (Lipinski definition) is 17. The van der Waals surface area contributed by atoms with E-state index in [1.54, 1.807) is 24.4 Å². The number of carboxylic acids is 1. The Morgan fingerprint density at radius 3 is 2.52 bits per heavy atom. The van der Waals surface area contributed by atoms with Crippen LogP contribution < -0.4 is 25.7 Å². The fourth-order valence-corrected chi connectivity index (χ4v) is 7.40. The minimum Gasteiger partial charge on any atom is -0.548 e. The molecule has 7 N–H and O–H groups in total. The molecule has 8 unspecified atom stereocenters. The number of hydroxylamine groups is 2. The molecular weight excluding hydrogens is 786 g/mol. The first kappa shape index (κ1) is 42.0. The van der Waals surface area contributed by atoms with Crippen molar-refractivity contribution < 1.29 is 73.6 Å². The standard InChI is InChI=1S/C42H41N3O15/c1-21-14-22(2)16-25(15-21)33-31-24(10-12-44-31)18-45(33)60-37-41(57-27-8-9-28-30(17-27)56-19-29(34(28)49)23-4-6-26(48)7-5-23)58-35(36(50)42(37,55)20-47)40(54)59-39(53)32(38(51)52)43-11-3-13-46/h4-10,12-17,19,32,35-37,40-41,43,47-48,50,54-55H,3,11,18,20H2,1-2H3,(H,51,52). The Bertz CT molecular complexity index is 2440. The fourth-order valence-electron chi connectivity index (χ4n) is 7.40. The van der Waals surface area contributed by atoms with Crippen LogP contribution >= 0.6 is 0 Å². The molecule has 18 nitrogen and oxygen atoms in total. The summed E-state index contributed by atoms with van der Waals surface area (Å²) < 4.78 is 23.0. The summed E-state index contributed by atoms with van der Waals surface area (Å²) in [4.78, 5) is 60.0. The van der Waals surface area contributed by atoms with Crippen LogP contribution in [0.5, 0.6) is 11.5 Å². The SMILES string of the molecule is Cc1cc(C)cc(C2=C3N=CC=C3C[NH+]2OC2C(Oc3ccc4c(=O)c(-c5ccc(O)cc5)coc4c3)OC(C(O)OC(=O)C(NCCC=O)C(=O)[O-])C(O)C2(O)CO)c1. The molecule has 314 valence electrons. The quantitative estimate of drug-likeness (QED) is 0.0242. The summed E-state index contributed by atoms with van der Waals surface area (Å²) in [5.74, 6) is -3.58. The summed E-state index contributed by atoms with van der Waals surface area (Å²) in [6.45, 7) is 2.50. The molecule has 3 aromatic carbocycles. The van der Waals surface area contributed by atoms with Gasteiger partial charge >= 0.3 is 5.97 Å². The lowest BCUT2D eigenvalue weighted by molar-refractivity contribution is -1.04. The van der Waals surface area contributed by atoms with Crippen molar-refractivity contribution in [3.05, 3.63) is 111 Å². The van der Waals surface area contributed by atoms with Gasteiger partial charge in [-0.05, 0) is 61.9 Å². The molecular formula is C42H41N3O15. The highest BCUT2D eigenvalue weighted by Crippen LogP contribution is 2.37. The molecule has 0 amide bonds. The largest absolute Gasteiger partial charge is 0.548 e. The Hall–Kier alpha value is -6.09. The van der Waals surface area contributed by atoms with Gasteiger partial charge in [-0.2, -0.15) is 9.90 Å². The number of aryl methyl sites for hydroxylation is 2. The van der Waals surface area contributed by atoms with E-state index in [1.165, 1.54) is 36.6 Å². The number of aliphatic imine (C=N–C) groups is 1. The highest BCUT2D eigenvalue weighted by molar-refractivity contribution is 5.97. The normalized spacial score (nSPS) is 24.5. The summed E-state index contributed by atoms with van der Waals surface area (Å²) in [7, 11) is 0. The number of aromatic hydroxyl groups is 1. The number of aldehydes is 1. The first-order valence-electron chi connectivity index (χ1n) is 18.8. The average Bonchev–Trinajstić information content (AvgIpc) is 3.80. The molecule has 1 aromatic heterocycles. The fraction of sp³-hybridized carbons (Fsp3) is 0.310. The Morgan fingerprint density at radius 2 is 1.83 bits per heavy atom. The molecule has 1 saturated heterocycles. The van der Waals surface area contributed by atoms with Crippen LogP contribution in [0.2, 0.25) is 0 Å². The molecule has 8 atom stereocenters. The molecule has 18 heteroatoms. The van der Waals surface area contributed by atoms with Gasteiger partial charge in [0, 0.05) is 36.4 Å². The van der Waals surface area contributed by atoms with E-state index in [4.69, 9.17) is 23.5 Å². The summed E-state index contributed by atoms with van der Waals surface area (Å²) in [5, 5.41) is 69.8. The van der Waals surface area contributed by atoms with Crippen molar-refractivity contribution in [1.29, 1.82) is 0 Å². The minimum atomic E-state index is -2.75. The third kappa shape index (κ3) is 8.22. The monoisotopic (exact) mass is 827 g/mol. The number of carbonyl (C=O) groups is 3. The minimum absolute atomic E-state index is 0.00854. The number of aliphatic hydroxyl groups excluding tert-OH is 3. The second kappa shape index (κ2) is 17.3. The van der Waals surface area contributed by atoms with Gasteiger partial charge in [-0.25, -0.2) is 9.79 Å². The number of carboxylic acid groups (broad SMARTS) is 1. The molecule has 3 aliphatic rings. The average molecular weight is 828 g/mol. The second-order valence-corrected chi connectivity index (χ2v) is 14.6. The van der Waals surface area contributed by atoms with Gasteiger partial charge in [0.15, 0.2) is 22.8 Å². The Morgan fingerprint density at radius 1 is 1.10 bits per heavy atom. The highest BCUT2D eigenvalue weighted by atomic mass is 16.8. The van der Waals surface area contributed by atoms with E-state index in [2.05, 4.69) is 10.3 Å². The number of nitrogens with zero attached hydrogens (tertiary/aromatic N) is 1. The van der Waals surface area contributed by atoms with E-state index < -0.39 is 66.5 Å². The summed E-state index contributed by atoms with van der Waals surface area (Å²) >= 11 is 0. The van der Waals surface area contributed by atoms with Crippen LogP contribution in [-0.2, 0) is 28.7 Å². The van der Waals surface area contributed by atoms with Crippen molar-refractivity contribution in [1.82, 2.24) is 5.32 Å². The van der Waals surface area contributed by atoms with Crippen LogP contribution in [0.15, 0.2) is 98.5 Å². The molecule has 0 spiro atoms. The highest BCUT2D eigenvalue weighted by Gasteiger charge is 2.62. The van der Waals surface area contributed by atoms with Crippen molar-refractivity contribution in [3.8, 4) is 22.6 Å². The second-order valence-electron chi connectivity index (χ2n) is 14.6. The lowest BCUT2D eigenvalue weighted by atomic mass is 9.84. The molecule has 1 fully saturated rings. The molecule has 4 aromatic rings. The van der Waals surface area contributed by atoms with Crippen molar-refractivity contribution in [2.45, 2.75) is 62.8 Å². The number of nitrogens with one attached hydrogen (secondary N) is 2. The van der Waals surface area contributed by atoms with Gasteiger partial charge < -0.3 is 58.9 Å². The smallest absolute Gasteiger partial charge is 0.331 e. The summed E-state index contributed by atoms with van der Waals surface area (Å²) in [6.07, 6.45) is -5.61. The number of benzene rings is 3. The van der Waals surface area contributed by atoms with E-state index in [-0.39, 0.29) is 52.6 Å². The number of aliphatic hydroxyl groups is 4. The van der Waals surface area contributed by atoms with Crippen LogP contribution in [0.1, 0.15) is 23.1 Å². The van der Waals surface area contributed by atoms with Crippen LogP contribution in [0.3, 0.4) is 0 Å². The zero-order valence-electron chi connectivity index (χ0n) is 32.1. The molecule has 3 aliphatic heterocycles. The van der Waals surface area contributed by atoms with Gasteiger partial charge in [-0.1, -0.05) is 29.3 Å². The number of ether oxygens (including phenoxy) is 3. The van der Waals surface area contributed by atoms with E-state index in [1.807, 2.05) is 32.0 Å². The number of esters is 1. The zero-order chi connectivity index (χ0) is 42.9. The number of phenols is 1. The molecule has 4 heterocycles. The van der Waals surface area contributed by atoms with Crippen LogP contribution in [0.25, 0.3) is 27.8 Å². The predicted molar refractivity (Wildman–Crippen MR) is 207 cm³/mol. The Labute approximate surface area is 340 Å². The van der Waals surface area contributed by atoms with Gasteiger partial charge in [0.25, 0.3) is 0 Å². The molecule has 0 saturated carbocycles. The maximum Gasteiger partial charge on any atom is 0.331 e. The number of fused-ring (bicyclic) bond motifs is 2. The predicted octanol–water partition coefficient (Wildman–Crippen LogP) is -1.29. The molecule has 0 bridgehead atoms. The number of hydrogen-bond donors (Lipinski definition) is 7. The van der Waals surface area contributed by atoms with Gasteiger partial charge in [0.2, 0.25) is 18.7 Å². The van der Waals surface area contributed by atoms with Crippen molar-refractivity contribution in [3.63, 3.8) is 0 Å². The Balaban J connectivity index is 1.25. The zero-order valence-corrected chi connectivity index (χ0v) is 32.1. The van der Waals surface area contributed by atoms with Crippen molar-refractivity contribution in [2.24, 2.45) is 4.99 Å². The van der Waals surface area contributed by atoms with E-state index in [0.717, 1.165) is 22.3 Å². The summed E-state index contributed by atoms with van der Waals surface area (Å²) in [5.41, 5.74) is 2.11. The third-order valence-electron chi connectivity index (χ3n) is 10.3. The van der Waals surface area contributed by atoms with Gasteiger partial charge in [0.1, 0.15) is 54.0 Å². The number of quaternary nitrogens is 1. The first-order valence-corrected chi connectivity index (χ1v) is 18.8. The summed E-state index contributed by atoms with van der Waals surface area (Å²) in [6, 6.07) is 13.7. The van der Waals surface area contributed by atoms with Gasteiger partial charge in [-0.15, -0.1) is 0 Å². The first-order chi connectivity index (χ1) is 28.7. The van der Waals surface area contributed by atoms with Gasteiger partial charge in [-0.3, -0.25) is 10.1 Å². The van der Waals surface area contributed by atoms with Gasteiger partial charge in [0.05, 0.1) is 23.5 Å². The molecule has 7 rings (SSSR count). The lowest BCUT2D eigenvalue weighted by Crippen LogP contribution is -3.09. The topological polar surface area (TPSA) is 271 Å². The molecule has 60 heavy (non-hydrogen) atoms. The van der Waals surface area contributed by atoms with E-state index >= 15 is 0 Å². The lowest BCUT2D eigenvalue weighted by Gasteiger charge is -2.48. The number of phenolic OH excluding ortho intramolecular Hbond substituents is 1. The number of carbonyl (C=O) groups excluding carboxylic acids is 3. The number of aliphatic carboxylic acids is 1.